The topological polar surface area (TPSA) is 128 Å². The van der Waals surface area contributed by atoms with Gasteiger partial charge in [-0.25, -0.2) is 13.2 Å². The normalized spacial score (nSPS) is 15.8. The maximum atomic E-state index is 13.5. The van der Waals surface area contributed by atoms with Gasteiger partial charge in [-0.3, -0.25) is 14.4 Å². The van der Waals surface area contributed by atoms with Crippen molar-refractivity contribution in [3.8, 4) is 0 Å². The van der Waals surface area contributed by atoms with Gasteiger partial charge in [-0.05, 0) is 42.2 Å². The van der Waals surface area contributed by atoms with E-state index in [0.29, 0.717) is 5.69 Å². The second-order valence-corrected chi connectivity index (χ2v) is 9.93. The number of ether oxygens (including phenoxy) is 2. The van der Waals surface area contributed by atoms with Crippen LogP contribution in [0, 0.1) is 16.0 Å². The van der Waals surface area contributed by atoms with Crippen LogP contribution in [0.2, 0.25) is 0 Å². The SMILES string of the molecule is CCc1ccc(N(CC(C)C)S(=O)(=O)c2ccc(NCC3COC(=O)O3)c([N+](=O)[O-])c2)cc1. The summed E-state index contributed by atoms with van der Waals surface area (Å²) in [6.07, 6.45) is -0.563. The second kappa shape index (κ2) is 10.1. The van der Waals surface area contributed by atoms with E-state index >= 15 is 0 Å². The van der Waals surface area contributed by atoms with E-state index in [-0.39, 0.29) is 36.2 Å². The molecular formula is C22H27N3O7S. The number of carbonyl (C=O) groups excluding carboxylic acids is 1. The van der Waals surface area contributed by atoms with Crippen LogP contribution in [0.15, 0.2) is 47.4 Å². The molecule has 1 unspecified atom stereocenters. The molecule has 11 heteroatoms. The quantitative estimate of drug-likeness (QED) is 0.309. The third-order valence-corrected chi connectivity index (χ3v) is 6.88. The summed E-state index contributed by atoms with van der Waals surface area (Å²) in [6.45, 7) is 6.15. The number of cyclic esters (lactones) is 2. The Hall–Kier alpha value is -3.34. The minimum Gasteiger partial charge on any atom is -0.430 e. The first-order valence-electron chi connectivity index (χ1n) is 10.6. The first kappa shape index (κ1) is 24.3. The molecule has 1 aliphatic heterocycles. The lowest BCUT2D eigenvalue weighted by atomic mass is 10.1. The number of rotatable bonds is 10. The fraction of sp³-hybridized carbons (Fsp3) is 0.409. The number of nitrogens with one attached hydrogen (secondary N) is 1. The Morgan fingerprint density at radius 3 is 2.45 bits per heavy atom. The molecule has 2 aromatic rings. The van der Waals surface area contributed by atoms with E-state index < -0.39 is 32.9 Å². The largest absolute Gasteiger partial charge is 0.508 e. The average Bonchev–Trinajstić information content (AvgIpc) is 3.20. The van der Waals surface area contributed by atoms with Gasteiger partial charge >= 0.3 is 6.16 Å². The summed E-state index contributed by atoms with van der Waals surface area (Å²) in [6, 6.07) is 10.9. The highest BCUT2D eigenvalue weighted by molar-refractivity contribution is 7.92. The Balaban J connectivity index is 1.92. The molecule has 2 aromatic carbocycles. The Morgan fingerprint density at radius 1 is 1.21 bits per heavy atom. The number of carbonyl (C=O) groups is 1. The van der Waals surface area contributed by atoms with Crippen LogP contribution in [0.1, 0.15) is 26.3 Å². The molecule has 0 radical (unpaired) electrons. The molecule has 3 rings (SSSR count). The van der Waals surface area contributed by atoms with Crippen molar-refractivity contribution in [1.29, 1.82) is 0 Å². The zero-order valence-corrected chi connectivity index (χ0v) is 19.5. The van der Waals surface area contributed by atoms with Crippen molar-refractivity contribution in [1.82, 2.24) is 0 Å². The van der Waals surface area contributed by atoms with E-state index in [9.17, 15) is 23.3 Å². The molecule has 1 aliphatic rings. The van der Waals surface area contributed by atoms with Crippen molar-refractivity contribution < 1.29 is 27.6 Å². The van der Waals surface area contributed by atoms with E-state index in [1.54, 1.807) is 12.1 Å². The molecule has 10 nitrogen and oxygen atoms in total. The maximum absolute atomic E-state index is 13.5. The fourth-order valence-corrected chi connectivity index (χ4v) is 5.01. The van der Waals surface area contributed by atoms with Gasteiger partial charge in [0.1, 0.15) is 12.3 Å². The summed E-state index contributed by atoms with van der Waals surface area (Å²) < 4.78 is 37.9. The van der Waals surface area contributed by atoms with Gasteiger partial charge in [-0.2, -0.15) is 0 Å². The summed E-state index contributed by atoms with van der Waals surface area (Å²) in [5.41, 5.74) is 1.29. The fourth-order valence-electron chi connectivity index (χ4n) is 3.36. The molecule has 0 aromatic heterocycles. The van der Waals surface area contributed by atoms with Gasteiger partial charge in [-0.1, -0.05) is 32.9 Å². The van der Waals surface area contributed by atoms with Crippen LogP contribution in [0.5, 0.6) is 0 Å². The van der Waals surface area contributed by atoms with E-state index in [0.717, 1.165) is 18.1 Å². The number of nitro benzene ring substituents is 1. The van der Waals surface area contributed by atoms with Gasteiger partial charge in [0.25, 0.3) is 15.7 Å². The molecule has 1 fully saturated rings. The third kappa shape index (κ3) is 5.72. The minimum atomic E-state index is -4.07. The van der Waals surface area contributed by atoms with E-state index in [2.05, 4.69) is 10.1 Å². The van der Waals surface area contributed by atoms with Gasteiger partial charge in [0.15, 0.2) is 6.10 Å². The molecule has 178 valence electrons. The van der Waals surface area contributed by atoms with E-state index in [1.165, 1.54) is 16.4 Å². The molecular weight excluding hydrogens is 450 g/mol. The van der Waals surface area contributed by atoms with Crippen LogP contribution in [0.4, 0.5) is 21.9 Å². The Kier molecular flexibility index (Phi) is 7.42. The highest BCUT2D eigenvalue weighted by atomic mass is 32.2. The number of benzene rings is 2. The number of anilines is 2. The van der Waals surface area contributed by atoms with Crippen molar-refractivity contribution in [2.45, 2.75) is 38.2 Å². The van der Waals surface area contributed by atoms with Crippen LogP contribution in [-0.4, -0.2) is 45.3 Å². The van der Waals surface area contributed by atoms with Crippen molar-refractivity contribution in [2.75, 3.05) is 29.3 Å². The second-order valence-electron chi connectivity index (χ2n) is 8.07. The number of nitro groups is 1. The average molecular weight is 478 g/mol. The van der Waals surface area contributed by atoms with Crippen LogP contribution in [0.25, 0.3) is 0 Å². The van der Waals surface area contributed by atoms with Crippen LogP contribution >= 0.6 is 0 Å². The lowest BCUT2D eigenvalue weighted by Gasteiger charge is -2.26. The Morgan fingerprint density at radius 2 is 1.91 bits per heavy atom. The monoisotopic (exact) mass is 477 g/mol. The molecule has 1 atom stereocenters. The van der Waals surface area contributed by atoms with Crippen LogP contribution in [0.3, 0.4) is 0 Å². The Labute approximate surface area is 192 Å². The molecule has 0 saturated carbocycles. The molecule has 1 heterocycles. The zero-order chi connectivity index (χ0) is 24.2. The summed E-state index contributed by atoms with van der Waals surface area (Å²) in [7, 11) is -4.07. The smallest absolute Gasteiger partial charge is 0.430 e. The highest BCUT2D eigenvalue weighted by Gasteiger charge is 2.30. The van der Waals surface area contributed by atoms with Gasteiger partial charge < -0.3 is 14.8 Å². The highest BCUT2D eigenvalue weighted by Crippen LogP contribution is 2.31. The lowest BCUT2D eigenvalue weighted by molar-refractivity contribution is -0.384. The van der Waals surface area contributed by atoms with Gasteiger partial charge in [-0.15, -0.1) is 0 Å². The van der Waals surface area contributed by atoms with E-state index in [4.69, 9.17) is 4.74 Å². The number of aryl methyl sites for hydroxylation is 1. The third-order valence-electron chi connectivity index (χ3n) is 5.09. The molecule has 0 spiro atoms. The van der Waals surface area contributed by atoms with Crippen molar-refractivity contribution in [2.24, 2.45) is 5.92 Å². The maximum Gasteiger partial charge on any atom is 0.508 e. The predicted molar refractivity (Wildman–Crippen MR) is 123 cm³/mol. The Bertz CT molecular complexity index is 1120. The van der Waals surface area contributed by atoms with Crippen molar-refractivity contribution in [3.63, 3.8) is 0 Å². The number of sulfonamides is 1. The standard InChI is InChI=1S/C22H27N3O7S/c1-4-16-5-7-17(8-6-16)24(13-15(2)3)33(29,30)19-9-10-20(21(11-19)25(27)28)23-12-18-14-31-22(26)32-18/h5-11,15,18,23H,4,12-14H2,1-3H3. The molecule has 1 saturated heterocycles. The van der Waals surface area contributed by atoms with Crippen LogP contribution < -0.4 is 9.62 Å². The predicted octanol–water partition coefficient (Wildman–Crippen LogP) is 3.96. The molecule has 1 N–H and O–H groups in total. The molecule has 0 bridgehead atoms. The minimum absolute atomic E-state index is 0.0258. The van der Waals surface area contributed by atoms with Crippen molar-refractivity contribution in [3.05, 3.63) is 58.1 Å². The molecule has 0 aliphatic carbocycles. The van der Waals surface area contributed by atoms with Gasteiger partial charge in [0.05, 0.1) is 22.1 Å². The lowest BCUT2D eigenvalue weighted by Crippen LogP contribution is -2.34. The number of hydrogen-bond donors (Lipinski definition) is 1. The van der Waals surface area contributed by atoms with Gasteiger partial charge in [0, 0.05) is 12.6 Å². The first-order chi connectivity index (χ1) is 15.6. The summed E-state index contributed by atoms with van der Waals surface area (Å²) in [5.74, 6) is 0.0258. The van der Waals surface area contributed by atoms with Crippen molar-refractivity contribution >= 4 is 33.2 Å². The number of nitrogens with zero attached hydrogens (tertiary/aromatic N) is 2. The first-order valence-corrected chi connectivity index (χ1v) is 12.0. The molecule has 0 amide bonds. The summed E-state index contributed by atoms with van der Waals surface area (Å²) >= 11 is 0. The number of hydrogen-bond acceptors (Lipinski definition) is 8. The van der Waals surface area contributed by atoms with E-state index in [1.807, 2.05) is 32.9 Å². The zero-order valence-electron chi connectivity index (χ0n) is 18.7. The summed E-state index contributed by atoms with van der Waals surface area (Å²) in [4.78, 5) is 21.9. The molecule has 33 heavy (non-hydrogen) atoms. The van der Waals surface area contributed by atoms with Gasteiger partial charge in [0.2, 0.25) is 0 Å². The van der Waals surface area contributed by atoms with Crippen LogP contribution in [-0.2, 0) is 25.9 Å². The summed E-state index contributed by atoms with van der Waals surface area (Å²) in [5, 5.41) is 14.5.